The molecule has 0 fully saturated rings. The first kappa shape index (κ1) is 23.7. The highest BCUT2D eigenvalue weighted by Gasteiger charge is 2.45. The SMILES string of the molecule is CCOC(=O)C1=CC(OC(CC)CC)C(NC(=O)C(F)(F)F)C(N=C(N)N)C1. The number of nitrogens with two attached hydrogens (primary N) is 2. The van der Waals surface area contributed by atoms with Gasteiger partial charge in [0.25, 0.3) is 0 Å². The number of rotatable bonds is 8. The van der Waals surface area contributed by atoms with Gasteiger partial charge in [-0.1, -0.05) is 13.8 Å². The minimum absolute atomic E-state index is 0.109. The van der Waals surface area contributed by atoms with E-state index >= 15 is 0 Å². The average molecular weight is 408 g/mol. The normalized spacial score (nSPS) is 22.4. The van der Waals surface area contributed by atoms with Crippen molar-refractivity contribution in [1.29, 1.82) is 0 Å². The van der Waals surface area contributed by atoms with Crippen molar-refractivity contribution < 1.29 is 32.2 Å². The van der Waals surface area contributed by atoms with Crippen molar-refractivity contribution in [1.82, 2.24) is 5.32 Å². The van der Waals surface area contributed by atoms with Gasteiger partial charge in [-0.15, -0.1) is 0 Å². The van der Waals surface area contributed by atoms with Gasteiger partial charge in [-0.3, -0.25) is 4.79 Å². The average Bonchev–Trinajstić information content (AvgIpc) is 2.60. The number of hydrogen-bond acceptors (Lipinski definition) is 5. The largest absolute Gasteiger partial charge is 0.471 e. The van der Waals surface area contributed by atoms with E-state index in [0.29, 0.717) is 12.8 Å². The van der Waals surface area contributed by atoms with E-state index in [4.69, 9.17) is 20.9 Å². The molecule has 3 atom stereocenters. The highest BCUT2D eigenvalue weighted by molar-refractivity contribution is 5.89. The number of hydrogen-bond donors (Lipinski definition) is 3. The van der Waals surface area contributed by atoms with Gasteiger partial charge in [-0.2, -0.15) is 13.2 Å². The molecule has 0 saturated carbocycles. The van der Waals surface area contributed by atoms with Gasteiger partial charge in [-0.05, 0) is 25.8 Å². The number of esters is 1. The summed E-state index contributed by atoms with van der Waals surface area (Å²) in [4.78, 5) is 27.6. The summed E-state index contributed by atoms with van der Waals surface area (Å²) in [5, 5.41) is 1.91. The number of halogens is 3. The number of nitrogens with one attached hydrogen (secondary N) is 1. The molecule has 8 nitrogen and oxygen atoms in total. The van der Waals surface area contributed by atoms with Crippen LogP contribution in [0.4, 0.5) is 13.2 Å². The summed E-state index contributed by atoms with van der Waals surface area (Å²) in [6.45, 7) is 5.45. The molecule has 1 rings (SSSR count). The van der Waals surface area contributed by atoms with E-state index in [1.54, 1.807) is 6.92 Å². The first-order valence-electron chi connectivity index (χ1n) is 9.03. The fourth-order valence-corrected chi connectivity index (χ4v) is 2.87. The van der Waals surface area contributed by atoms with Crippen LogP contribution in [-0.2, 0) is 19.1 Å². The maximum atomic E-state index is 12.8. The molecule has 1 aliphatic carbocycles. The van der Waals surface area contributed by atoms with Crippen LogP contribution in [0, 0.1) is 0 Å². The van der Waals surface area contributed by atoms with Crippen LogP contribution in [0.25, 0.3) is 0 Å². The van der Waals surface area contributed by atoms with Gasteiger partial charge in [0.15, 0.2) is 5.96 Å². The predicted octanol–water partition coefficient (Wildman–Crippen LogP) is 1.14. The Bertz CT molecular complexity index is 614. The highest BCUT2D eigenvalue weighted by atomic mass is 19.4. The zero-order valence-electron chi connectivity index (χ0n) is 16.1. The Hall–Kier alpha value is -2.30. The zero-order chi connectivity index (χ0) is 21.5. The molecule has 3 unspecified atom stereocenters. The van der Waals surface area contributed by atoms with Gasteiger partial charge in [0.05, 0.1) is 30.9 Å². The van der Waals surface area contributed by atoms with E-state index in [1.807, 2.05) is 19.2 Å². The minimum Gasteiger partial charge on any atom is -0.463 e. The standard InChI is InChI=1S/C17H27F3N4O4/c1-4-10(5-2)28-12-8-9(14(25)27-6-3)7-11(23-16(21)22)13(12)24-15(26)17(18,19)20/h8,10-13H,4-7H2,1-3H3,(H,24,26)(H4,21,22,23). The van der Waals surface area contributed by atoms with Crippen LogP contribution < -0.4 is 16.8 Å². The van der Waals surface area contributed by atoms with Gasteiger partial charge in [0.1, 0.15) is 0 Å². The van der Waals surface area contributed by atoms with Crippen molar-refractivity contribution in [2.24, 2.45) is 16.5 Å². The molecule has 28 heavy (non-hydrogen) atoms. The van der Waals surface area contributed by atoms with Crippen LogP contribution >= 0.6 is 0 Å². The van der Waals surface area contributed by atoms with E-state index in [-0.39, 0.29) is 30.7 Å². The van der Waals surface area contributed by atoms with Crippen LogP contribution in [0.5, 0.6) is 0 Å². The molecule has 0 aromatic heterocycles. The number of guanidine groups is 1. The molecular formula is C17H27F3N4O4. The summed E-state index contributed by atoms with van der Waals surface area (Å²) >= 11 is 0. The Balaban J connectivity index is 3.32. The van der Waals surface area contributed by atoms with E-state index in [1.165, 1.54) is 6.08 Å². The molecule has 0 saturated heterocycles. The topological polar surface area (TPSA) is 129 Å². The van der Waals surface area contributed by atoms with Crippen molar-refractivity contribution >= 4 is 17.8 Å². The van der Waals surface area contributed by atoms with Crippen molar-refractivity contribution in [2.45, 2.75) is 70.5 Å². The number of alkyl halides is 3. The summed E-state index contributed by atoms with van der Waals surface area (Å²) in [7, 11) is 0. The zero-order valence-corrected chi connectivity index (χ0v) is 16.1. The van der Waals surface area contributed by atoms with E-state index in [2.05, 4.69) is 4.99 Å². The Kier molecular flexibility index (Phi) is 8.73. The van der Waals surface area contributed by atoms with Crippen LogP contribution in [0.15, 0.2) is 16.6 Å². The van der Waals surface area contributed by atoms with Crippen LogP contribution in [0.2, 0.25) is 0 Å². The number of carbonyl (C=O) groups is 2. The Labute approximate surface area is 161 Å². The third kappa shape index (κ3) is 6.70. The van der Waals surface area contributed by atoms with Crippen LogP contribution in [-0.4, -0.2) is 54.9 Å². The molecule has 0 aromatic carbocycles. The Morgan fingerprint density at radius 1 is 1.29 bits per heavy atom. The molecule has 0 radical (unpaired) electrons. The molecule has 1 aliphatic rings. The number of ether oxygens (including phenoxy) is 2. The molecule has 0 bridgehead atoms. The molecular weight excluding hydrogens is 381 g/mol. The summed E-state index contributed by atoms with van der Waals surface area (Å²) in [5.41, 5.74) is 11.0. The van der Waals surface area contributed by atoms with E-state index in [0.717, 1.165) is 0 Å². The lowest BCUT2D eigenvalue weighted by molar-refractivity contribution is -0.175. The Morgan fingerprint density at radius 2 is 1.89 bits per heavy atom. The number of amides is 1. The second kappa shape index (κ2) is 10.3. The summed E-state index contributed by atoms with van der Waals surface area (Å²) < 4.78 is 49.2. The lowest BCUT2D eigenvalue weighted by Crippen LogP contribution is -2.56. The summed E-state index contributed by atoms with van der Waals surface area (Å²) in [5.74, 6) is -3.17. The van der Waals surface area contributed by atoms with E-state index < -0.39 is 36.2 Å². The smallest absolute Gasteiger partial charge is 0.463 e. The van der Waals surface area contributed by atoms with Gasteiger partial charge in [-0.25, -0.2) is 9.79 Å². The fraction of sp³-hybridized carbons (Fsp3) is 0.706. The molecule has 0 heterocycles. The fourth-order valence-electron chi connectivity index (χ4n) is 2.87. The number of nitrogens with zero attached hydrogens (tertiary/aromatic N) is 1. The number of aliphatic imine (C=N–C) groups is 1. The summed E-state index contributed by atoms with van der Waals surface area (Å²) in [6, 6.07) is -2.24. The van der Waals surface area contributed by atoms with Crippen molar-refractivity contribution in [3.8, 4) is 0 Å². The molecule has 11 heteroatoms. The Morgan fingerprint density at radius 3 is 2.36 bits per heavy atom. The third-order valence-corrected chi connectivity index (χ3v) is 4.23. The van der Waals surface area contributed by atoms with Crippen molar-refractivity contribution in [3.63, 3.8) is 0 Å². The quantitative estimate of drug-likeness (QED) is 0.314. The maximum absolute atomic E-state index is 12.8. The first-order chi connectivity index (χ1) is 13.0. The molecule has 0 aromatic rings. The second-order valence-corrected chi connectivity index (χ2v) is 6.27. The van der Waals surface area contributed by atoms with Crippen molar-refractivity contribution in [3.05, 3.63) is 11.6 Å². The number of carbonyl (C=O) groups excluding carboxylic acids is 2. The molecule has 0 spiro atoms. The highest BCUT2D eigenvalue weighted by Crippen LogP contribution is 2.28. The van der Waals surface area contributed by atoms with Gasteiger partial charge in [0, 0.05) is 12.0 Å². The first-order valence-corrected chi connectivity index (χ1v) is 9.03. The van der Waals surface area contributed by atoms with Crippen molar-refractivity contribution in [2.75, 3.05) is 6.61 Å². The second-order valence-electron chi connectivity index (χ2n) is 6.27. The van der Waals surface area contributed by atoms with Gasteiger partial charge < -0.3 is 26.3 Å². The monoisotopic (exact) mass is 408 g/mol. The summed E-state index contributed by atoms with van der Waals surface area (Å²) in [6.07, 6.45) is -4.00. The van der Waals surface area contributed by atoms with Gasteiger partial charge in [0.2, 0.25) is 0 Å². The van der Waals surface area contributed by atoms with Crippen LogP contribution in [0.1, 0.15) is 40.0 Å². The minimum atomic E-state index is -5.09. The predicted molar refractivity (Wildman–Crippen MR) is 96.2 cm³/mol. The molecule has 160 valence electrons. The molecule has 1 amide bonds. The lowest BCUT2D eigenvalue weighted by atomic mass is 9.87. The van der Waals surface area contributed by atoms with E-state index in [9.17, 15) is 22.8 Å². The van der Waals surface area contributed by atoms with Gasteiger partial charge >= 0.3 is 18.1 Å². The van der Waals surface area contributed by atoms with Crippen LogP contribution in [0.3, 0.4) is 0 Å². The molecule has 0 aliphatic heterocycles. The lowest BCUT2D eigenvalue weighted by Gasteiger charge is -2.36. The maximum Gasteiger partial charge on any atom is 0.471 e. The molecule has 5 N–H and O–H groups in total. The third-order valence-electron chi connectivity index (χ3n) is 4.23.